The normalized spacial score (nSPS) is 10.7. The summed E-state index contributed by atoms with van der Waals surface area (Å²) in [4.78, 5) is 12.2. The summed E-state index contributed by atoms with van der Waals surface area (Å²) < 4.78 is 10.3. The molecule has 0 aliphatic heterocycles. The van der Waals surface area contributed by atoms with Gasteiger partial charge in [0.1, 0.15) is 0 Å². The molecular weight excluding hydrogens is 320 g/mol. The fraction of sp³-hybridized carbons (Fsp3) is 0.118. The standard InChI is InChI=1S/C17H15ClO5/c1-22-15-6-4-11(9-16(15)23-2)13(19)5-3-10-7-12(18)17(21)14(20)8-10/h3-9,20-21H,1-2H3/b5-3+. The molecule has 0 aromatic heterocycles. The lowest BCUT2D eigenvalue weighted by Gasteiger charge is -2.08. The van der Waals surface area contributed by atoms with Gasteiger partial charge >= 0.3 is 0 Å². The van der Waals surface area contributed by atoms with E-state index in [1.54, 1.807) is 18.2 Å². The molecule has 5 nitrogen and oxygen atoms in total. The molecule has 0 saturated heterocycles. The summed E-state index contributed by atoms with van der Waals surface area (Å²) in [5.74, 6) is -0.0132. The average molecular weight is 335 g/mol. The lowest BCUT2D eigenvalue weighted by Crippen LogP contribution is -1.97. The smallest absolute Gasteiger partial charge is 0.185 e. The number of ether oxygens (including phenoxy) is 2. The van der Waals surface area contributed by atoms with E-state index in [9.17, 15) is 15.0 Å². The highest BCUT2D eigenvalue weighted by Gasteiger charge is 2.09. The molecule has 0 radical (unpaired) electrons. The van der Waals surface area contributed by atoms with Crippen LogP contribution in [0.2, 0.25) is 5.02 Å². The van der Waals surface area contributed by atoms with E-state index in [4.69, 9.17) is 21.1 Å². The monoisotopic (exact) mass is 334 g/mol. The van der Waals surface area contributed by atoms with Crippen LogP contribution in [0.25, 0.3) is 6.08 Å². The predicted molar refractivity (Wildman–Crippen MR) is 87.7 cm³/mol. The Morgan fingerprint density at radius 1 is 1.09 bits per heavy atom. The molecule has 2 rings (SSSR count). The lowest BCUT2D eigenvalue weighted by atomic mass is 10.1. The largest absolute Gasteiger partial charge is 0.504 e. The minimum Gasteiger partial charge on any atom is -0.504 e. The molecule has 2 aromatic rings. The van der Waals surface area contributed by atoms with Gasteiger partial charge in [0.2, 0.25) is 0 Å². The number of phenols is 2. The molecule has 6 heteroatoms. The number of carbonyl (C=O) groups is 1. The summed E-state index contributed by atoms with van der Waals surface area (Å²) in [6, 6.07) is 7.58. The minimum atomic E-state index is -0.393. The molecule has 0 heterocycles. The predicted octanol–water partition coefficient (Wildman–Crippen LogP) is 3.66. The van der Waals surface area contributed by atoms with Gasteiger partial charge < -0.3 is 19.7 Å². The van der Waals surface area contributed by atoms with Crippen LogP contribution in [0.4, 0.5) is 0 Å². The van der Waals surface area contributed by atoms with Gasteiger partial charge in [-0.1, -0.05) is 17.7 Å². The fourth-order valence-corrected chi connectivity index (χ4v) is 2.18. The quantitative estimate of drug-likeness (QED) is 0.495. The number of phenolic OH excluding ortho intramolecular Hbond substituents is 2. The van der Waals surface area contributed by atoms with Crippen molar-refractivity contribution in [2.75, 3.05) is 14.2 Å². The first-order valence-corrected chi connectivity index (χ1v) is 7.00. The van der Waals surface area contributed by atoms with Crippen molar-refractivity contribution in [3.05, 3.63) is 52.6 Å². The number of rotatable bonds is 5. The summed E-state index contributed by atoms with van der Waals surface area (Å²) in [6.45, 7) is 0. The van der Waals surface area contributed by atoms with E-state index >= 15 is 0 Å². The number of hydrogen-bond acceptors (Lipinski definition) is 5. The van der Waals surface area contributed by atoms with Gasteiger partial charge in [-0.3, -0.25) is 4.79 Å². The number of halogens is 1. The van der Waals surface area contributed by atoms with Gasteiger partial charge in [-0.2, -0.15) is 0 Å². The maximum Gasteiger partial charge on any atom is 0.185 e. The number of carbonyl (C=O) groups excluding carboxylic acids is 1. The first-order valence-electron chi connectivity index (χ1n) is 6.62. The Labute approximate surface area is 138 Å². The van der Waals surface area contributed by atoms with Crippen LogP contribution in [0.5, 0.6) is 23.0 Å². The Balaban J connectivity index is 2.25. The molecule has 0 saturated carbocycles. The second kappa shape index (κ2) is 7.07. The number of benzene rings is 2. The van der Waals surface area contributed by atoms with E-state index in [2.05, 4.69) is 0 Å². The van der Waals surface area contributed by atoms with E-state index < -0.39 is 5.75 Å². The van der Waals surface area contributed by atoms with E-state index in [0.717, 1.165) is 0 Å². The molecule has 0 spiro atoms. The van der Waals surface area contributed by atoms with Crippen molar-refractivity contribution < 1.29 is 24.5 Å². The lowest BCUT2D eigenvalue weighted by molar-refractivity contribution is 0.104. The molecule has 0 fully saturated rings. The Bertz CT molecular complexity index is 745. The van der Waals surface area contributed by atoms with Gasteiger partial charge in [0.05, 0.1) is 19.2 Å². The highest BCUT2D eigenvalue weighted by molar-refractivity contribution is 6.32. The van der Waals surface area contributed by atoms with Gasteiger partial charge in [-0.25, -0.2) is 0 Å². The molecule has 0 aliphatic rings. The molecular formula is C17H15ClO5. The Hall–Kier alpha value is -2.66. The third-order valence-corrected chi connectivity index (χ3v) is 3.45. The number of hydrogen-bond donors (Lipinski definition) is 2. The molecule has 0 amide bonds. The molecule has 0 unspecified atom stereocenters. The number of allylic oxidation sites excluding steroid dienone is 1. The maximum atomic E-state index is 12.2. The highest BCUT2D eigenvalue weighted by atomic mass is 35.5. The third-order valence-electron chi connectivity index (χ3n) is 3.16. The van der Waals surface area contributed by atoms with Crippen LogP contribution in [-0.4, -0.2) is 30.2 Å². The maximum absolute atomic E-state index is 12.2. The molecule has 120 valence electrons. The van der Waals surface area contributed by atoms with Crippen LogP contribution in [0.3, 0.4) is 0 Å². The molecule has 0 atom stereocenters. The SMILES string of the molecule is COc1ccc(C(=O)/C=C/c2cc(O)c(O)c(Cl)c2)cc1OC. The zero-order chi connectivity index (χ0) is 17.0. The van der Waals surface area contributed by atoms with Crippen molar-refractivity contribution in [1.82, 2.24) is 0 Å². The van der Waals surface area contributed by atoms with Gasteiger partial charge in [0.15, 0.2) is 28.8 Å². The second-order valence-electron chi connectivity index (χ2n) is 4.64. The Kier molecular flexibility index (Phi) is 5.13. The molecule has 2 N–H and O–H groups in total. The topological polar surface area (TPSA) is 76.0 Å². The molecule has 2 aromatic carbocycles. The van der Waals surface area contributed by atoms with Crippen LogP contribution < -0.4 is 9.47 Å². The van der Waals surface area contributed by atoms with Crippen LogP contribution in [0.15, 0.2) is 36.4 Å². The van der Waals surface area contributed by atoms with E-state index in [1.807, 2.05) is 0 Å². The Morgan fingerprint density at radius 2 is 1.78 bits per heavy atom. The van der Waals surface area contributed by atoms with Gasteiger partial charge in [-0.15, -0.1) is 0 Å². The summed E-state index contributed by atoms with van der Waals surface area (Å²) in [7, 11) is 3.00. The van der Waals surface area contributed by atoms with Crippen molar-refractivity contribution in [2.45, 2.75) is 0 Å². The molecule has 23 heavy (non-hydrogen) atoms. The van der Waals surface area contributed by atoms with Crippen molar-refractivity contribution in [2.24, 2.45) is 0 Å². The van der Waals surface area contributed by atoms with Crippen molar-refractivity contribution in [1.29, 1.82) is 0 Å². The number of ketones is 1. The summed E-state index contributed by atoms with van der Waals surface area (Å²) >= 11 is 5.77. The summed E-state index contributed by atoms with van der Waals surface area (Å²) in [5, 5.41) is 18.9. The molecule has 0 bridgehead atoms. The van der Waals surface area contributed by atoms with Crippen LogP contribution in [0.1, 0.15) is 15.9 Å². The number of aromatic hydroxyl groups is 2. The van der Waals surface area contributed by atoms with Gasteiger partial charge in [0.25, 0.3) is 0 Å². The minimum absolute atomic E-state index is 0.00298. The fourth-order valence-electron chi connectivity index (χ4n) is 1.96. The second-order valence-corrected chi connectivity index (χ2v) is 5.05. The third kappa shape index (κ3) is 3.76. The van der Waals surface area contributed by atoms with Crippen LogP contribution in [0, 0.1) is 0 Å². The first kappa shape index (κ1) is 16.7. The van der Waals surface area contributed by atoms with E-state index in [-0.39, 0.29) is 16.6 Å². The van der Waals surface area contributed by atoms with Gasteiger partial charge in [0, 0.05) is 5.56 Å². The molecule has 0 aliphatic carbocycles. The van der Waals surface area contributed by atoms with Gasteiger partial charge in [-0.05, 0) is 42.0 Å². The highest BCUT2D eigenvalue weighted by Crippen LogP contribution is 2.34. The van der Waals surface area contributed by atoms with Crippen LogP contribution in [-0.2, 0) is 0 Å². The first-order chi connectivity index (χ1) is 11.0. The van der Waals surface area contributed by atoms with Crippen molar-refractivity contribution in [3.63, 3.8) is 0 Å². The zero-order valence-electron chi connectivity index (χ0n) is 12.5. The van der Waals surface area contributed by atoms with Crippen LogP contribution >= 0.6 is 11.6 Å². The zero-order valence-corrected chi connectivity index (χ0v) is 13.3. The number of methoxy groups -OCH3 is 2. The summed E-state index contributed by atoms with van der Waals surface area (Å²) in [5.41, 5.74) is 0.909. The Morgan fingerprint density at radius 3 is 2.39 bits per heavy atom. The van der Waals surface area contributed by atoms with Crippen molar-refractivity contribution >= 4 is 23.5 Å². The van der Waals surface area contributed by atoms with E-state index in [0.29, 0.717) is 22.6 Å². The van der Waals surface area contributed by atoms with E-state index in [1.165, 1.54) is 38.5 Å². The average Bonchev–Trinajstić information content (AvgIpc) is 2.56. The summed E-state index contributed by atoms with van der Waals surface area (Å²) in [6.07, 6.45) is 2.83. The van der Waals surface area contributed by atoms with Crippen molar-refractivity contribution in [3.8, 4) is 23.0 Å².